The Kier molecular flexibility index (Phi) is 6.77. The number of carbonyl (C=O) groups excluding carboxylic acids is 1. The van der Waals surface area contributed by atoms with Crippen LogP contribution in [0.2, 0.25) is 0 Å². The molecule has 0 bridgehead atoms. The summed E-state index contributed by atoms with van der Waals surface area (Å²) in [5.41, 5.74) is 2.71. The third-order valence-electron chi connectivity index (χ3n) is 4.78. The summed E-state index contributed by atoms with van der Waals surface area (Å²) >= 11 is 0. The van der Waals surface area contributed by atoms with Crippen LogP contribution >= 0.6 is 0 Å². The molecule has 3 heteroatoms. The monoisotopic (exact) mass is 339 g/mol. The summed E-state index contributed by atoms with van der Waals surface area (Å²) in [6.07, 6.45) is 1.78. The Morgan fingerprint density at radius 1 is 1.00 bits per heavy atom. The van der Waals surface area contributed by atoms with Gasteiger partial charge < -0.3 is 5.11 Å². The summed E-state index contributed by atoms with van der Waals surface area (Å²) in [4.78, 5) is 14.0. The number of hydrogen-bond donors (Lipinski definition) is 1. The molecule has 0 aliphatic heterocycles. The first-order valence-electron chi connectivity index (χ1n) is 9.02. The molecule has 0 heterocycles. The number of rotatable bonds is 8. The minimum absolute atomic E-state index is 0.0773. The molecular weight excluding hydrogens is 310 g/mol. The van der Waals surface area contributed by atoms with Gasteiger partial charge in [-0.25, -0.2) is 0 Å². The fourth-order valence-electron chi connectivity index (χ4n) is 3.55. The number of nitrogens with zero attached hydrogens (tertiary/aromatic N) is 1. The van der Waals surface area contributed by atoms with E-state index < -0.39 is 0 Å². The Balaban J connectivity index is 2.38. The third-order valence-corrected chi connectivity index (χ3v) is 4.78. The van der Waals surface area contributed by atoms with Gasteiger partial charge in [-0.05, 0) is 70.0 Å². The highest BCUT2D eigenvalue weighted by Gasteiger charge is 2.21. The Labute approximate surface area is 151 Å². The maximum Gasteiger partial charge on any atom is 0.150 e. The number of hydrogen-bond acceptors (Lipinski definition) is 3. The smallest absolute Gasteiger partial charge is 0.150 e. The van der Waals surface area contributed by atoms with E-state index in [0.717, 1.165) is 24.8 Å². The molecule has 3 nitrogen and oxygen atoms in total. The lowest BCUT2D eigenvalue weighted by atomic mass is 9.85. The van der Waals surface area contributed by atoms with E-state index in [9.17, 15) is 9.90 Å². The Morgan fingerprint density at radius 3 is 2.20 bits per heavy atom. The quantitative estimate of drug-likeness (QED) is 0.699. The van der Waals surface area contributed by atoms with E-state index in [1.54, 1.807) is 18.2 Å². The first-order valence-corrected chi connectivity index (χ1v) is 9.02. The number of benzene rings is 2. The van der Waals surface area contributed by atoms with Gasteiger partial charge in [-0.15, -0.1) is 0 Å². The normalized spacial score (nSPS) is 12.8. The van der Waals surface area contributed by atoms with Gasteiger partial charge in [-0.2, -0.15) is 0 Å². The SMILES string of the molecule is CC(C)N(CC[C@H](c1ccccc1)c1cc(O)ccc1C=O)C(C)C. The van der Waals surface area contributed by atoms with E-state index in [1.165, 1.54) is 5.56 Å². The number of aldehydes is 1. The number of phenolic OH excluding ortho intramolecular Hbond substituents is 1. The maximum absolute atomic E-state index is 11.5. The third kappa shape index (κ3) is 4.93. The van der Waals surface area contributed by atoms with Gasteiger partial charge in [0.1, 0.15) is 12.0 Å². The van der Waals surface area contributed by atoms with Crippen molar-refractivity contribution in [2.75, 3.05) is 6.54 Å². The lowest BCUT2D eigenvalue weighted by molar-refractivity contribution is 0.112. The number of carbonyl (C=O) groups is 1. The van der Waals surface area contributed by atoms with Crippen LogP contribution in [0.5, 0.6) is 5.75 Å². The molecule has 0 saturated carbocycles. The second-order valence-corrected chi connectivity index (χ2v) is 7.11. The zero-order valence-corrected chi connectivity index (χ0v) is 15.6. The summed E-state index contributed by atoms with van der Waals surface area (Å²) < 4.78 is 0. The standard InChI is InChI=1S/C22H29NO2/c1-16(2)23(17(3)4)13-12-21(18-8-6-5-7-9-18)22-14-20(25)11-10-19(22)15-24/h5-11,14-17,21,25H,12-13H2,1-4H3/t21-/m1/s1. The van der Waals surface area contributed by atoms with Crippen molar-refractivity contribution in [2.24, 2.45) is 0 Å². The first-order chi connectivity index (χ1) is 11.9. The van der Waals surface area contributed by atoms with Crippen LogP contribution < -0.4 is 0 Å². The molecule has 0 aliphatic rings. The molecule has 0 amide bonds. The van der Waals surface area contributed by atoms with Gasteiger partial charge in [0, 0.05) is 23.6 Å². The number of aromatic hydroxyl groups is 1. The van der Waals surface area contributed by atoms with Crippen molar-refractivity contribution in [1.82, 2.24) is 4.90 Å². The largest absolute Gasteiger partial charge is 0.508 e. The molecule has 134 valence electrons. The Morgan fingerprint density at radius 2 is 1.64 bits per heavy atom. The summed E-state index contributed by atoms with van der Waals surface area (Å²) in [5, 5.41) is 9.96. The van der Waals surface area contributed by atoms with Crippen LogP contribution in [-0.4, -0.2) is 34.9 Å². The van der Waals surface area contributed by atoms with Crippen LogP contribution in [0, 0.1) is 0 Å². The van der Waals surface area contributed by atoms with Gasteiger partial charge in [0.2, 0.25) is 0 Å². The number of phenols is 1. The fraction of sp³-hybridized carbons (Fsp3) is 0.409. The van der Waals surface area contributed by atoms with Gasteiger partial charge in [0.15, 0.2) is 0 Å². The molecule has 0 saturated heterocycles. The van der Waals surface area contributed by atoms with Gasteiger partial charge in [0.05, 0.1) is 0 Å². The predicted octanol–water partition coefficient (Wildman–Crippen LogP) is 4.85. The van der Waals surface area contributed by atoms with E-state index >= 15 is 0 Å². The summed E-state index contributed by atoms with van der Waals surface area (Å²) in [7, 11) is 0. The van der Waals surface area contributed by atoms with Crippen molar-refractivity contribution in [2.45, 2.75) is 52.1 Å². The Hall–Kier alpha value is -2.13. The van der Waals surface area contributed by atoms with Crippen LogP contribution in [0.15, 0.2) is 48.5 Å². The highest BCUT2D eigenvalue weighted by Crippen LogP contribution is 2.32. The van der Waals surface area contributed by atoms with Gasteiger partial charge in [-0.1, -0.05) is 30.3 Å². The van der Waals surface area contributed by atoms with Crippen molar-refractivity contribution in [3.05, 3.63) is 65.2 Å². The van der Waals surface area contributed by atoms with Crippen LogP contribution in [-0.2, 0) is 0 Å². The zero-order chi connectivity index (χ0) is 18.4. The second-order valence-electron chi connectivity index (χ2n) is 7.11. The van der Waals surface area contributed by atoms with Gasteiger partial charge in [-0.3, -0.25) is 9.69 Å². The molecule has 0 unspecified atom stereocenters. The maximum atomic E-state index is 11.5. The molecule has 2 aromatic rings. The lowest BCUT2D eigenvalue weighted by Crippen LogP contribution is -2.38. The summed E-state index contributed by atoms with van der Waals surface area (Å²) in [5.74, 6) is 0.277. The minimum atomic E-state index is 0.0773. The molecule has 0 aromatic heterocycles. The van der Waals surface area contributed by atoms with Crippen molar-refractivity contribution in [3.8, 4) is 5.75 Å². The Bertz CT molecular complexity index is 672. The van der Waals surface area contributed by atoms with Crippen LogP contribution in [0.3, 0.4) is 0 Å². The molecule has 0 radical (unpaired) electrons. The zero-order valence-electron chi connectivity index (χ0n) is 15.6. The minimum Gasteiger partial charge on any atom is -0.508 e. The first kappa shape index (κ1) is 19.2. The average Bonchev–Trinajstić information content (AvgIpc) is 2.59. The van der Waals surface area contributed by atoms with Crippen molar-refractivity contribution in [1.29, 1.82) is 0 Å². The molecule has 2 rings (SSSR count). The summed E-state index contributed by atoms with van der Waals surface area (Å²) in [6.45, 7) is 9.78. The van der Waals surface area contributed by atoms with Crippen molar-refractivity contribution in [3.63, 3.8) is 0 Å². The van der Waals surface area contributed by atoms with E-state index in [1.807, 2.05) is 18.2 Å². The lowest BCUT2D eigenvalue weighted by Gasteiger charge is -2.32. The molecule has 25 heavy (non-hydrogen) atoms. The molecule has 2 aromatic carbocycles. The van der Waals surface area contributed by atoms with E-state index in [-0.39, 0.29) is 11.7 Å². The van der Waals surface area contributed by atoms with Crippen molar-refractivity contribution >= 4 is 6.29 Å². The average molecular weight is 339 g/mol. The molecular formula is C22H29NO2. The molecule has 0 aliphatic carbocycles. The second kappa shape index (κ2) is 8.82. The van der Waals surface area contributed by atoms with E-state index in [2.05, 4.69) is 44.7 Å². The van der Waals surface area contributed by atoms with Gasteiger partial charge in [0.25, 0.3) is 0 Å². The van der Waals surface area contributed by atoms with E-state index in [0.29, 0.717) is 17.6 Å². The van der Waals surface area contributed by atoms with Crippen LogP contribution in [0.1, 0.15) is 61.5 Å². The van der Waals surface area contributed by atoms with Crippen molar-refractivity contribution < 1.29 is 9.90 Å². The van der Waals surface area contributed by atoms with Crippen LogP contribution in [0.4, 0.5) is 0 Å². The highest BCUT2D eigenvalue weighted by molar-refractivity contribution is 5.78. The molecule has 0 spiro atoms. The highest BCUT2D eigenvalue weighted by atomic mass is 16.3. The predicted molar refractivity (Wildman–Crippen MR) is 103 cm³/mol. The van der Waals surface area contributed by atoms with E-state index in [4.69, 9.17) is 0 Å². The molecule has 0 fully saturated rings. The summed E-state index contributed by atoms with van der Waals surface area (Å²) in [6, 6.07) is 16.2. The molecule has 1 atom stereocenters. The topological polar surface area (TPSA) is 40.5 Å². The van der Waals surface area contributed by atoms with Crippen LogP contribution in [0.25, 0.3) is 0 Å². The fourth-order valence-corrected chi connectivity index (χ4v) is 3.55. The molecule has 1 N–H and O–H groups in total. The van der Waals surface area contributed by atoms with Gasteiger partial charge >= 0.3 is 0 Å².